The lowest BCUT2D eigenvalue weighted by molar-refractivity contribution is 0.246. The van der Waals surface area contributed by atoms with Gasteiger partial charge in [0, 0.05) is 18.3 Å². The third-order valence-corrected chi connectivity index (χ3v) is 9.64. The molecule has 0 heterocycles. The first kappa shape index (κ1) is 30.5. The summed E-state index contributed by atoms with van der Waals surface area (Å²) in [7, 11) is -4.53. The maximum absolute atomic E-state index is 12.4. The Morgan fingerprint density at radius 1 is 0.944 bits per heavy atom. The predicted octanol–water partition coefficient (Wildman–Crippen LogP) is 5.51. The Morgan fingerprint density at radius 3 is 2.08 bits per heavy atom. The normalized spacial score (nSPS) is 19.8. The van der Waals surface area contributed by atoms with Crippen LogP contribution in [0, 0.1) is 11.8 Å². The van der Waals surface area contributed by atoms with Gasteiger partial charge in [-0.05, 0) is 99.1 Å². The fourth-order valence-electron chi connectivity index (χ4n) is 4.56. The number of phenolic OH excluding ortho intramolecular Hbond substituents is 1. The van der Waals surface area contributed by atoms with Crippen LogP contribution in [0.5, 0.6) is 5.75 Å². The van der Waals surface area contributed by atoms with E-state index in [1.165, 1.54) is 55.5 Å². The van der Waals surface area contributed by atoms with E-state index in [9.17, 15) is 17.7 Å². The molecule has 2 aromatic carbocycles. The van der Waals surface area contributed by atoms with Crippen molar-refractivity contribution in [2.45, 2.75) is 82.8 Å². The molecule has 1 aliphatic carbocycles. The summed E-state index contributed by atoms with van der Waals surface area (Å²) >= 11 is 0. The van der Waals surface area contributed by atoms with Gasteiger partial charge in [0.25, 0.3) is 0 Å². The van der Waals surface area contributed by atoms with Crippen molar-refractivity contribution in [1.29, 1.82) is 0 Å². The summed E-state index contributed by atoms with van der Waals surface area (Å²) in [4.78, 5) is 0.148. The third-order valence-electron chi connectivity index (χ3n) is 6.86. The van der Waals surface area contributed by atoms with Gasteiger partial charge in [-0.2, -0.15) is 0 Å². The smallest absolute Gasteiger partial charge is 0.240 e. The zero-order valence-electron chi connectivity index (χ0n) is 22.4. The summed E-state index contributed by atoms with van der Waals surface area (Å²) < 4.78 is 42.5. The second kappa shape index (κ2) is 14.9. The molecule has 3 N–H and O–H groups in total. The van der Waals surface area contributed by atoms with E-state index in [2.05, 4.69) is 40.6 Å². The number of rotatable bonds is 11. The zero-order chi connectivity index (χ0) is 26.7. The fourth-order valence-corrected chi connectivity index (χ4v) is 6.36. The molecule has 2 atom stereocenters. The number of hydrogen-bond acceptors (Lipinski definition) is 4. The lowest BCUT2D eigenvalue weighted by atomic mass is 9.74. The molecule has 0 aliphatic heterocycles. The number of hydrogen-bond donors (Lipinski definition) is 3. The highest BCUT2D eigenvalue weighted by atomic mass is 32.2. The first-order valence-corrected chi connectivity index (χ1v) is 15.9. The highest BCUT2D eigenvalue weighted by Gasteiger charge is 2.26. The first-order chi connectivity index (χ1) is 17.2. The average molecular weight is 537 g/mol. The van der Waals surface area contributed by atoms with Gasteiger partial charge in [-0.3, -0.25) is 0 Å². The van der Waals surface area contributed by atoms with Gasteiger partial charge in [0.1, 0.15) is 5.75 Å². The molecule has 2 aromatic rings. The quantitative estimate of drug-likeness (QED) is 0.353. The largest absolute Gasteiger partial charge is 0.508 e. The number of nitrogens with one attached hydrogen (secondary N) is 2. The van der Waals surface area contributed by atoms with Gasteiger partial charge < -0.3 is 5.11 Å². The Balaban J connectivity index is 0.00000222. The summed E-state index contributed by atoms with van der Waals surface area (Å²) in [6.45, 7) is 11.3. The van der Waals surface area contributed by atoms with E-state index in [1.54, 1.807) is 0 Å². The molecule has 202 valence electrons. The van der Waals surface area contributed by atoms with Crippen molar-refractivity contribution in [2.75, 3.05) is 13.1 Å². The van der Waals surface area contributed by atoms with E-state index in [1.807, 2.05) is 27.7 Å². The Bertz CT molecular complexity index is 1030. The molecule has 6 nitrogen and oxygen atoms in total. The molecule has 0 amide bonds. The zero-order valence-corrected chi connectivity index (χ0v) is 24.0. The predicted molar refractivity (Wildman–Crippen MR) is 150 cm³/mol. The van der Waals surface area contributed by atoms with Gasteiger partial charge >= 0.3 is 0 Å². The minimum Gasteiger partial charge on any atom is -0.508 e. The lowest BCUT2D eigenvalue weighted by Gasteiger charge is -2.32. The van der Waals surface area contributed by atoms with Crippen molar-refractivity contribution in [1.82, 2.24) is 9.44 Å². The van der Waals surface area contributed by atoms with Crippen LogP contribution in [0.15, 0.2) is 53.4 Å². The molecule has 0 spiro atoms. The van der Waals surface area contributed by atoms with Crippen LogP contribution in [0.1, 0.15) is 77.3 Å². The molecule has 1 saturated carbocycles. The van der Waals surface area contributed by atoms with Gasteiger partial charge in [-0.15, -0.1) is 0 Å². The summed E-state index contributed by atoms with van der Waals surface area (Å²) in [5.74, 6) is 1.81. The second-order valence-corrected chi connectivity index (χ2v) is 13.3. The topological polar surface area (TPSA) is 95.5 Å². The standard InChI is InChI=1S/C26H38N2O4S2.C2H6/c1-19(2)33(30)27-18-20(3)22-8-10-24(11-9-22)23-6-4-21(5-7-23)16-17-28-34(31,32)26-14-12-25(29)13-15-26;1-2/h4-7,12-15,19-20,22,24,27-29H,8-11,16-18H2,1-3H3;1-2H3. The van der Waals surface area contributed by atoms with Crippen molar-refractivity contribution in [3.63, 3.8) is 0 Å². The van der Waals surface area contributed by atoms with E-state index < -0.39 is 21.0 Å². The number of phenols is 1. The molecular formula is C28H44N2O4S2. The van der Waals surface area contributed by atoms with Crippen molar-refractivity contribution in [3.8, 4) is 5.75 Å². The Morgan fingerprint density at radius 2 is 1.53 bits per heavy atom. The molecule has 2 unspecified atom stereocenters. The van der Waals surface area contributed by atoms with Crippen LogP contribution in [-0.2, 0) is 27.4 Å². The molecule has 0 bridgehead atoms. The van der Waals surface area contributed by atoms with Gasteiger partial charge in [0.05, 0.1) is 15.9 Å². The molecule has 36 heavy (non-hydrogen) atoms. The molecule has 1 fully saturated rings. The van der Waals surface area contributed by atoms with Crippen molar-refractivity contribution in [3.05, 3.63) is 59.7 Å². The highest BCUT2D eigenvalue weighted by Crippen LogP contribution is 2.38. The van der Waals surface area contributed by atoms with E-state index in [4.69, 9.17) is 0 Å². The van der Waals surface area contributed by atoms with E-state index in [-0.39, 0.29) is 15.9 Å². The average Bonchev–Trinajstić information content (AvgIpc) is 2.89. The van der Waals surface area contributed by atoms with Gasteiger partial charge in [0.15, 0.2) is 0 Å². The van der Waals surface area contributed by atoms with Gasteiger partial charge in [0.2, 0.25) is 10.0 Å². The fraction of sp³-hybridized carbons (Fsp3) is 0.571. The van der Waals surface area contributed by atoms with Gasteiger partial charge in [-0.1, -0.05) is 45.0 Å². The minimum absolute atomic E-state index is 0.0402. The van der Waals surface area contributed by atoms with Crippen LogP contribution in [0.3, 0.4) is 0 Å². The lowest BCUT2D eigenvalue weighted by Crippen LogP contribution is -2.32. The van der Waals surface area contributed by atoms with E-state index >= 15 is 0 Å². The first-order valence-electron chi connectivity index (χ1n) is 13.2. The number of sulfonamides is 1. The van der Waals surface area contributed by atoms with Gasteiger partial charge in [-0.25, -0.2) is 22.1 Å². The SMILES string of the molecule is CC.CC(CNS(=O)C(C)C)C1CCC(c2ccc(CCNS(=O)(=O)c3ccc(O)cc3)cc2)CC1. The van der Waals surface area contributed by atoms with Crippen LogP contribution in [-0.4, -0.2) is 36.1 Å². The third kappa shape index (κ3) is 9.29. The van der Waals surface area contributed by atoms with Crippen LogP contribution >= 0.6 is 0 Å². The molecule has 8 heteroatoms. The summed E-state index contributed by atoms with van der Waals surface area (Å²) in [6.07, 6.45) is 5.36. The molecule has 1 aliphatic rings. The van der Waals surface area contributed by atoms with Crippen LogP contribution in [0.25, 0.3) is 0 Å². The molecule has 0 saturated heterocycles. The minimum atomic E-state index is -3.58. The maximum Gasteiger partial charge on any atom is 0.240 e. The maximum atomic E-state index is 12.4. The Kier molecular flexibility index (Phi) is 12.6. The van der Waals surface area contributed by atoms with E-state index in [0.717, 1.165) is 12.1 Å². The molecular weight excluding hydrogens is 492 g/mol. The highest BCUT2D eigenvalue weighted by molar-refractivity contribution is 7.89. The van der Waals surface area contributed by atoms with Crippen LogP contribution < -0.4 is 9.44 Å². The number of benzene rings is 2. The van der Waals surface area contributed by atoms with Crippen LogP contribution in [0.2, 0.25) is 0 Å². The molecule has 3 rings (SSSR count). The molecule has 0 aromatic heterocycles. The van der Waals surface area contributed by atoms with Crippen molar-refractivity contribution < 1.29 is 17.7 Å². The summed E-state index contributed by atoms with van der Waals surface area (Å²) in [5.41, 5.74) is 2.46. The number of aromatic hydroxyl groups is 1. The second-order valence-electron chi connectivity index (χ2n) is 9.67. The van der Waals surface area contributed by atoms with Crippen LogP contribution in [0.4, 0.5) is 0 Å². The Labute approximate surface area is 220 Å². The Hall–Kier alpha value is -1.74. The summed E-state index contributed by atoms with van der Waals surface area (Å²) in [5, 5.41) is 9.47. The molecule has 0 radical (unpaired) electrons. The van der Waals surface area contributed by atoms with Crippen molar-refractivity contribution in [2.24, 2.45) is 11.8 Å². The van der Waals surface area contributed by atoms with Crippen molar-refractivity contribution >= 4 is 21.0 Å². The monoisotopic (exact) mass is 536 g/mol. The van der Waals surface area contributed by atoms with E-state index in [0.29, 0.717) is 30.7 Å². The summed E-state index contributed by atoms with van der Waals surface area (Å²) in [6, 6.07) is 14.1.